The first-order valence-corrected chi connectivity index (χ1v) is 6.99. The van der Waals surface area contributed by atoms with Gasteiger partial charge in [0.1, 0.15) is 0 Å². The molecule has 0 aromatic heterocycles. The predicted octanol–water partition coefficient (Wildman–Crippen LogP) is 4.97. The molecule has 0 amide bonds. The molecule has 3 aromatic carbocycles. The summed E-state index contributed by atoms with van der Waals surface area (Å²) >= 11 is 0. The van der Waals surface area contributed by atoms with Crippen LogP contribution in [0.25, 0.3) is 21.9 Å². The van der Waals surface area contributed by atoms with E-state index >= 15 is 0 Å². The van der Waals surface area contributed by atoms with Gasteiger partial charge in [0.05, 0.1) is 0 Å². The molecule has 19 heavy (non-hydrogen) atoms. The van der Waals surface area contributed by atoms with Gasteiger partial charge in [-0.15, -0.1) is 0 Å². The zero-order valence-electron chi connectivity index (χ0n) is 11.1. The Bertz CT molecular complexity index is 781. The Balaban J connectivity index is 2.05. The van der Waals surface area contributed by atoms with Gasteiger partial charge < -0.3 is 0 Å². The summed E-state index contributed by atoms with van der Waals surface area (Å²) in [5.41, 5.74) is 7.39. The smallest absolute Gasteiger partial charge is 0.00131 e. The first kappa shape index (κ1) is 10.8. The van der Waals surface area contributed by atoms with E-state index in [1.807, 2.05) is 0 Å². The van der Waals surface area contributed by atoms with E-state index in [1.165, 1.54) is 38.6 Å². The van der Waals surface area contributed by atoms with Crippen LogP contribution >= 0.6 is 0 Å². The molecule has 0 N–H and O–H groups in total. The Morgan fingerprint density at radius 1 is 0.842 bits per heavy atom. The van der Waals surface area contributed by atoms with Crippen LogP contribution in [0.1, 0.15) is 23.6 Å². The van der Waals surface area contributed by atoms with Crippen molar-refractivity contribution in [3.05, 3.63) is 71.3 Å². The van der Waals surface area contributed by atoms with E-state index in [2.05, 4.69) is 61.5 Å². The number of benzene rings is 3. The van der Waals surface area contributed by atoms with Gasteiger partial charge in [-0.1, -0.05) is 55.5 Å². The van der Waals surface area contributed by atoms with Gasteiger partial charge in [0.25, 0.3) is 0 Å². The molecule has 0 spiro atoms. The maximum atomic E-state index is 2.37. The quantitative estimate of drug-likeness (QED) is 0.443. The fourth-order valence-electron chi connectivity index (χ4n) is 3.31. The van der Waals surface area contributed by atoms with Gasteiger partial charge in [-0.2, -0.15) is 0 Å². The molecule has 0 nitrogen and oxygen atoms in total. The van der Waals surface area contributed by atoms with E-state index < -0.39 is 0 Å². The molecule has 4 rings (SSSR count). The molecule has 0 aliphatic heterocycles. The zero-order valence-corrected chi connectivity index (χ0v) is 11.1. The average Bonchev–Trinajstić information content (AvgIpc) is 2.82. The molecule has 0 fully saturated rings. The second kappa shape index (κ2) is 3.96. The third kappa shape index (κ3) is 1.53. The largest absolute Gasteiger partial charge is 0.0617 e. The van der Waals surface area contributed by atoms with Crippen LogP contribution in [0.4, 0.5) is 0 Å². The Morgan fingerprint density at radius 3 is 2.42 bits per heavy atom. The fraction of sp³-hybridized carbons (Fsp3) is 0.158. The summed E-state index contributed by atoms with van der Waals surface area (Å²) in [5, 5.41) is 2.70. The predicted molar refractivity (Wildman–Crippen MR) is 81.6 cm³/mol. The van der Waals surface area contributed by atoms with Gasteiger partial charge in [0.2, 0.25) is 0 Å². The van der Waals surface area contributed by atoms with Crippen molar-refractivity contribution in [2.24, 2.45) is 0 Å². The molecule has 0 saturated carbocycles. The minimum atomic E-state index is 1.09. The lowest BCUT2D eigenvalue weighted by Crippen LogP contribution is -1.87. The minimum Gasteiger partial charge on any atom is -0.0617 e. The topological polar surface area (TPSA) is 0 Å². The molecule has 1 aliphatic carbocycles. The van der Waals surface area contributed by atoms with E-state index in [0.717, 1.165) is 12.8 Å². The van der Waals surface area contributed by atoms with E-state index in [9.17, 15) is 0 Å². The lowest BCUT2D eigenvalue weighted by molar-refractivity contribution is 1.14. The summed E-state index contributed by atoms with van der Waals surface area (Å²) in [6, 6.07) is 20.1. The summed E-state index contributed by atoms with van der Waals surface area (Å²) in [4.78, 5) is 0. The number of hydrogen-bond acceptors (Lipinski definition) is 0. The van der Waals surface area contributed by atoms with Gasteiger partial charge in [-0.3, -0.25) is 0 Å². The monoisotopic (exact) mass is 244 g/mol. The highest BCUT2D eigenvalue weighted by atomic mass is 14.2. The van der Waals surface area contributed by atoms with Crippen LogP contribution < -0.4 is 0 Å². The summed E-state index contributed by atoms with van der Waals surface area (Å²) in [7, 11) is 0. The molecule has 0 heterocycles. The van der Waals surface area contributed by atoms with Crippen LogP contribution in [-0.2, 0) is 12.8 Å². The molecular weight excluding hydrogens is 228 g/mol. The third-order valence-corrected chi connectivity index (χ3v) is 4.24. The van der Waals surface area contributed by atoms with Gasteiger partial charge in [-0.25, -0.2) is 0 Å². The molecule has 0 bridgehead atoms. The highest BCUT2D eigenvalue weighted by Crippen LogP contribution is 2.41. The Labute approximate surface area is 113 Å². The van der Waals surface area contributed by atoms with Crippen molar-refractivity contribution in [3.63, 3.8) is 0 Å². The highest BCUT2D eigenvalue weighted by Gasteiger charge is 2.20. The van der Waals surface area contributed by atoms with Crippen molar-refractivity contribution < 1.29 is 0 Å². The van der Waals surface area contributed by atoms with Crippen LogP contribution in [0.3, 0.4) is 0 Å². The molecule has 92 valence electrons. The van der Waals surface area contributed by atoms with E-state index in [0.29, 0.717) is 0 Å². The standard InChI is InChI=1S/C19H16/c1-2-13-8-5-9-16-11-17-10-14-6-3-4-7-15(14)12-18(17)19(13)16/h3-10,12H,2,11H2,1H3. The van der Waals surface area contributed by atoms with Crippen molar-refractivity contribution >= 4 is 10.8 Å². The van der Waals surface area contributed by atoms with Gasteiger partial charge in [0, 0.05) is 0 Å². The number of hydrogen-bond donors (Lipinski definition) is 0. The summed E-state index contributed by atoms with van der Waals surface area (Å²) in [5.74, 6) is 0. The molecule has 0 heteroatoms. The molecule has 0 atom stereocenters. The second-order valence-corrected chi connectivity index (χ2v) is 5.34. The van der Waals surface area contributed by atoms with Crippen molar-refractivity contribution in [3.8, 4) is 11.1 Å². The molecule has 1 aliphatic rings. The van der Waals surface area contributed by atoms with Crippen molar-refractivity contribution in [2.75, 3.05) is 0 Å². The molecule has 3 aromatic rings. The van der Waals surface area contributed by atoms with Crippen LogP contribution in [0.15, 0.2) is 54.6 Å². The van der Waals surface area contributed by atoms with E-state index in [4.69, 9.17) is 0 Å². The van der Waals surface area contributed by atoms with E-state index in [1.54, 1.807) is 0 Å². The minimum absolute atomic E-state index is 1.09. The van der Waals surface area contributed by atoms with Crippen molar-refractivity contribution in [1.82, 2.24) is 0 Å². The van der Waals surface area contributed by atoms with Crippen molar-refractivity contribution in [2.45, 2.75) is 19.8 Å². The van der Waals surface area contributed by atoms with Crippen molar-refractivity contribution in [1.29, 1.82) is 0 Å². The number of rotatable bonds is 1. The second-order valence-electron chi connectivity index (χ2n) is 5.34. The van der Waals surface area contributed by atoms with Crippen LogP contribution in [0.2, 0.25) is 0 Å². The lowest BCUT2D eigenvalue weighted by atomic mass is 9.96. The molecular formula is C19H16. The molecule has 0 unspecified atom stereocenters. The SMILES string of the molecule is CCc1cccc2c1-c1cc3ccccc3cc1C2. The Morgan fingerprint density at radius 2 is 1.63 bits per heavy atom. The normalized spacial score (nSPS) is 12.5. The first-order chi connectivity index (χ1) is 9.36. The average molecular weight is 244 g/mol. The Kier molecular flexibility index (Phi) is 2.25. The fourth-order valence-corrected chi connectivity index (χ4v) is 3.31. The van der Waals surface area contributed by atoms with Crippen LogP contribution in [0, 0.1) is 0 Å². The van der Waals surface area contributed by atoms with Crippen LogP contribution in [0.5, 0.6) is 0 Å². The summed E-state index contributed by atoms with van der Waals surface area (Å²) in [6.07, 6.45) is 2.19. The van der Waals surface area contributed by atoms with Crippen LogP contribution in [-0.4, -0.2) is 0 Å². The Hall–Kier alpha value is -2.08. The lowest BCUT2D eigenvalue weighted by Gasteiger charge is -2.08. The van der Waals surface area contributed by atoms with Gasteiger partial charge >= 0.3 is 0 Å². The summed E-state index contributed by atoms with van der Waals surface area (Å²) in [6.45, 7) is 2.24. The first-order valence-electron chi connectivity index (χ1n) is 6.99. The number of aryl methyl sites for hydroxylation is 1. The molecule has 0 radical (unpaired) electrons. The van der Waals surface area contributed by atoms with E-state index in [-0.39, 0.29) is 0 Å². The number of fused-ring (bicyclic) bond motifs is 4. The molecule has 0 saturated heterocycles. The zero-order chi connectivity index (χ0) is 12.8. The maximum Gasteiger partial charge on any atom is -0.00131 e. The van der Waals surface area contributed by atoms with Gasteiger partial charge in [0.15, 0.2) is 0 Å². The highest BCUT2D eigenvalue weighted by molar-refractivity contribution is 5.92. The third-order valence-electron chi connectivity index (χ3n) is 4.24. The maximum absolute atomic E-state index is 2.37. The van der Waals surface area contributed by atoms with Gasteiger partial charge in [-0.05, 0) is 57.5 Å². The summed E-state index contributed by atoms with van der Waals surface area (Å²) < 4.78 is 0.